The first kappa shape index (κ1) is 22.0. The van der Waals surface area contributed by atoms with Crippen LogP contribution in [-0.4, -0.2) is 76.5 Å². The number of imidazole rings is 1. The van der Waals surface area contributed by atoms with Crippen molar-refractivity contribution < 1.29 is 17.9 Å². The highest BCUT2D eigenvalue weighted by molar-refractivity contribution is 7.08. The Hall–Kier alpha value is -3.45. The van der Waals surface area contributed by atoms with Crippen molar-refractivity contribution in [3.63, 3.8) is 0 Å². The van der Waals surface area contributed by atoms with E-state index in [0.717, 1.165) is 11.8 Å². The lowest BCUT2D eigenvalue weighted by Gasteiger charge is -2.27. The zero-order valence-electron chi connectivity index (χ0n) is 18.4. The third-order valence-electron chi connectivity index (χ3n) is 6.09. The predicted octanol–water partition coefficient (Wildman–Crippen LogP) is 2.92. The molecule has 3 aromatic heterocycles. The van der Waals surface area contributed by atoms with Crippen molar-refractivity contribution in [1.29, 1.82) is 0 Å². The third kappa shape index (κ3) is 4.14. The van der Waals surface area contributed by atoms with E-state index in [1.807, 2.05) is 26.3 Å². The van der Waals surface area contributed by atoms with E-state index >= 15 is 0 Å². The van der Waals surface area contributed by atoms with Crippen molar-refractivity contribution in [2.24, 2.45) is 4.99 Å². The van der Waals surface area contributed by atoms with E-state index in [4.69, 9.17) is 14.7 Å². The number of morpholine rings is 1. The number of fused-ring (bicyclic) bond motifs is 2. The minimum absolute atomic E-state index is 0.173. The molecule has 2 atom stereocenters. The average Bonchev–Trinajstić information content (AvgIpc) is 3.61. The minimum atomic E-state index is -4.43. The van der Waals surface area contributed by atoms with Crippen LogP contribution in [0, 0.1) is 0 Å². The molecule has 9 nitrogen and oxygen atoms in total. The Bertz CT molecular complexity index is 1320. The van der Waals surface area contributed by atoms with Gasteiger partial charge in [-0.3, -0.25) is 9.56 Å². The Morgan fingerprint density at radius 2 is 2.09 bits per heavy atom. The fourth-order valence-electron chi connectivity index (χ4n) is 4.38. The lowest BCUT2D eigenvalue weighted by atomic mass is 9.95. The maximum absolute atomic E-state index is 13.4. The predicted molar refractivity (Wildman–Crippen MR) is 127 cm³/mol. The monoisotopic (exact) mass is 502 g/mol. The number of hydrogen-bond donors (Lipinski definition) is 2. The molecule has 5 heterocycles. The van der Waals surface area contributed by atoms with E-state index in [2.05, 4.69) is 20.6 Å². The van der Waals surface area contributed by atoms with Crippen LogP contribution in [0.1, 0.15) is 0 Å². The number of amidine groups is 1. The number of anilines is 2. The number of rotatable bonds is 5. The number of allylic oxidation sites excluding steroid dienone is 2. The van der Waals surface area contributed by atoms with Gasteiger partial charge in [-0.1, -0.05) is 18.2 Å². The molecule has 2 unspecified atom stereocenters. The first-order valence-corrected chi connectivity index (χ1v) is 12.0. The van der Waals surface area contributed by atoms with Gasteiger partial charge in [0.15, 0.2) is 17.0 Å². The Balaban J connectivity index is 1.31. The summed E-state index contributed by atoms with van der Waals surface area (Å²) in [6.07, 6.45) is 1.46. The van der Waals surface area contributed by atoms with Gasteiger partial charge in [-0.15, -0.1) is 0 Å². The minimum Gasteiger partial charge on any atom is -0.378 e. The van der Waals surface area contributed by atoms with E-state index < -0.39 is 23.8 Å². The highest BCUT2D eigenvalue weighted by atomic mass is 32.1. The van der Waals surface area contributed by atoms with Crippen molar-refractivity contribution in [2.75, 3.05) is 43.1 Å². The first-order chi connectivity index (χ1) is 17.0. The average molecular weight is 503 g/mol. The molecule has 35 heavy (non-hydrogen) atoms. The molecule has 6 rings (SSSR count). The van der Waals surface area contributed by atoms with Crippen LogP contribution in [0.3, 0.4) is 0 Å². The molecule has 0 spiro atoms. The fourth-order valence-corrected chi connectivity index (χ4v) is 5.00. The number of aliphatic imine (C=N–C) groups is 1. The maximum atomic E-state index is 13.4. The second-order valence-electron chi connectivity index (χ2n) is 8.29. The summed E-state index contributed by atoms with van der Waals surface area (Å²) in [4.78, 5) is 20.4. The topological polar surface area (TPSA) is 92.5 Å². The van der Waals surface area contributed by atoms with Crippen LogP contribution in [0.25, 0.3) is 16.9 Å². The van der Waals surface area contributed by atoms with Crippen LogP contribution in [0.4, 0.5) is 24.9 Å². The molecule has 182 valence electrons. The highest BCUT2D eigenvalue weighted by Gasteiger charge is 2.44. The van der Waals surface area contributed by atoms with Gasteiger partial charge in [-0.2, -0.15) is 34.5 Å². The lowest BCUT2D eigenvalue weighted by molar-refractivity contribution is -0.0958. The Morgan fingerprint density at radius 3 is 2.86 bits per heavy atom. The smallest absolute Gasteiger partial charge is 0.378 e. The molecule has 2 N–H and O–H groups in total. The van der Waals surface area contributed by atoms with E-state index in [0.29, 0.717) is 55.1 Å². The second-order valence-corrected chi connectivity index (χ2v) is 9.07. The Kier molecular flexibility index (Phi) is 5.44. The Morgan fingerprint density at radius 1 is 1.23 bits per heavy atom. The summed E-state index contributed by atoms with van der Waals surface area (Å²) in [6.45, 7) is 2.66. The van der Waals surface area contributed by atoms with E-state index in [-0.39, 0.29) is 6.54 Å². The van der Waals surface area contributed by atoms with Crippen molar-refractivity contribution in [1.82, 2.24) is 24.8 Å². The van der Waals surface area contributed by atoms with E-state index in [9.17, 15) is 13.2 Å². The number of ether oxygens (including phenoxy) is 1. The zero-order valence-corrected chi connectivity index (χ0v) is 19.2. The quantitative estimate of drug-likeness (QED) is 0.554. The van der Waals surface area contributed by atoms with Crippen LogP contribution in [0.15, 0.2) is 51.9 Å². The molecule has 13 heteroatoms. The van der Waals surface area contributed by atoms with Gasteiger partial charge in [-0.05, 0) is 11.4 Å². The number of aromatic nitrogens is 4. The number of halogens is 3. The molecular formula is C22H21F3N8OS. The van der Waals surface area contributed by atoms with Gasteiger partial charge in [0.05, 0.1) is 37.1 Å². The highest BCUT2D eigenvalue weighted by Crippen LogP contribution is 2.35. The van der Waals surface area contributed by atoms with Crippen LogP contribution in [0.5, 0.6) is 0 Å². The third-order valence-corrected chi connectivity index (χ3v) is 6.77. The maximum Gasteiger partial charge on any atom is 0.414 e. The molecule has 1 fully saturated rings. The standard InChI is InChI=1S/C22H21F3N8OS/c23-22(24,25)14-2-1-3-15-17(14)29-16(28-15)10-26-19-18-20(33(12-27-18)13-4-9-35-11-13)31-21(30-19)32-5-7-34-8-6-32/h1-4,9,11-12,15,17H,5-8,10H2,(H,28,29)(H,26,30,31). The summed E-state index contributed by atoms with van der Waals surface area (Å²) in [7, 11) is 0. The number of nitrogens with one attached hydrogen (secondary N) is 2. The van der Waals surface area contributed by atoms with Crippen molar-refractivity contribution in [2.45, 2.75) is 18.3 Å². The van der Waals surface area contributed by atoms with Gasteiger partial charge in [0.25, 0.3) is 0 Å². The molecule has 0 amide bonds. The van der Waals surface area contributed by atoms with Gasteiger partial charge in [0, 0.05) is 18.5 Å². The fraction of sp³-hybridized carbons (Fsp3) is 0.364. The molecule has 3 aliphatic rings. The zero-order chi connectivity index (χ0) is 24.0. The van der Waals surface area contributed by atoms with Gasteiger partial charge in [0.1, 0.15) is 18.2 Å². The summed E-state index contributed by atoms with van der Waals surface area (Å²) in [5.74, 6) is 1.46. The molecule has 2 aliphatic heterocycles. The first-order valence-electron chi connectivity index (χ1n) is 11.1. The molecular weight excluding hydrogens is 481 g/mol. The SMILES string of the molecule is FC(F)(F)C1=CC=CC2NC(CNc3nc(N4CCOCC4)nc4c3ncn4-c3ccsc3)=NC12. The molecule has 1 saturated heterocycles. The molecule has 0 aromatic carbocycles. The van der Waals surface area contributed by atoms with Crippen molar-refractivity contribution >= 4 is 40.1 Å². The molecule has 0 saturated carbocycles. The molecule has 1 aliphatic carbocycles. The summed E-state index contributed by atoms with van der Waals surface area (Å²) >= 11 is 1.57. The van der Waals surface area contributed by atoms with Crippen LogP contribution in [0.2, 0.25) is 0 Å². The van der Waals surface area contributed by atoms with E-state index in [1.54, 1.807) is 23.7 Å². The summed E-state index contributed by atoms with van der Waals surface area (Å²) in [5.41, 5.74) is 1.50. The summed E-state index contributed by atoms with van der Waals surface area (Å²) < 4.78 is 47.6. The Labute approximate surface area is 202 Å². The number of thiophene rings is 1. The molecule has 0 bridgehead atoms. The van der Waals surface area contributed by atoms with Gasteiger partial charge >= 0.3 is 6.18 Å². The molecule has 3 aromatic rings. The van der Waals surface area contributed by atoms with Crippen LogP contribution in [-0.2, 0) is 4.74 Å². The normalized spacial score (nSPS) is 22.1. The van der Waals surface area contributed by atoms with E-state index in [1.165, 1.54) is 6.08 Å². The number of hydrogen-bond acceptors (Lipinski definition) is 9. The number of nitrogens with zero attached hydrogens (tertiary/aromatic N) is 6. The lowest BCUT2D eigenvalue weighted by Crippen LogP contribution is -2.39. The summed E-state index contributed by atoms with van der Waals surface area (Å²) in [5, 5.41) is 10.3. The van der Waals surface area contributed by atoms with Gasteiger partial charge < -0.3 is 20.3 Å². The van der Waals surface area contributed by atoms with Gasteiger partial charge in [-0.25, -0.2) is 4.98 Å². The summed E-state index contributed by atoms with van der Waals surface area (Å²) in [6, 6.07) is 0.456. The van der Waals surface area contributed by atoms with Gasteiger partial charge in [0.2, 0.25) is 5.95 Å². The largest absolute Gasteiger partial charge is 0.414 e. The molecule has 0 radical (unpaired) electrons. The van der Waals surface area contributed by atoms with Crippen molar-refractivity contribution in [3.8, 4) is 5.69 Å². The van der Waals surface area contributed by atoms with Crippen molar-refractivity contribution in [3.05, 3.63) is 47.0 Å². The van der Waals surface area contributed by atoms with Crippen LogP contribution >= 0.6 is 11.3 Å². The second kappa shape index (κ2) is 8.64. The van der Waals surface area contributed by atoms with Crippen LogP contribution < -0.4 is 15.5 Å². The number of alkyl halides is 3.